The predicted molar refractivity (Wildman–Crippen MR) is 146 cm³/mol. The molecule has 1 aliphatic rings. The molecule has 2 aromatic rings. The standard InChI is InChI=1S/C27H36ClN3O5S/c1-5-25(27(33)29-21-10-6-7-11-21)30(17-20-9-8-12-23(15-20)36-3)26(32)18-31(37(4,34)35)22-14-13-19(2)24(28)16-22/h8-9,12-16,21,25H,5-7,10-11,17-18H2,1-4H3,(H,29,33)/t25-/m1/s1. The lowest BCUT2D eigenvalue weighted by Gasteiger charge is -2.33. The molecular weight excluding hydrogens is 514 g/mol. The summed E-state index contributed by atoms with van der Waals surface area (Å²) in [7, 11) is -2.27. The van der Waals surface area contributed by atoms with Crippen molar-refractivity contribution in [1.29, 1.82) is 0 Å². The van der Waals surface area contributed by atoms with Gasteiger partial charge >= 0.3 is 0 Å². The fourth-order valence-corrected chi connectivity index (χ4v) is 5.62. The fourth-order valence-electron chi connectivity index (χ4n) is 4.61. The number of rotatable bonds is 11. The molecule has 0 saturated heterocycles. The predicted octanol–water partition coefficient (Wildman–Crippen LogP) is 4.29. The monoisotopic (exact) mass is 549 g/mol. The Morgan fingerprint density at radius 1 is 1.16 bits per heavy atom. The average Bonchev–Trinajstić information content (AvgIpc) is 3.36. The van der Waals surface area contributed by atoms with E-state index in [1.807, 2.05) is 26.0 Å². The van der Waals surface area contributed by atoms with Gasteiger partial charge in [0.1, 0.15) is 18.3 Å². The number of halogens is 1. The molecule has 1 atom stereocenters. The van der Waals surface area contributed by atoms with E-state index < -0.39 is 28.5 Å². The van der Waals surface area contributed by atoms with Crippen LogP contribution in [0.5, 0.6) is 5.75 Å². The second-order valence-corrected chi connectivity index (χ2v) is 11.8. The molecule has 1 fully saturated rings. The number of nitrogens with zero attached hydrogens (tertiary/aromatic N) is 2. The van der Waals surface area contributed by atoms with Crippen LogP contribution in [0.25, 0.3) is 0 Å². The first-order chi connectivity index (χ1) is 17.5. The molecule has 3 rings (SSSR count). The van der Waals surface area contributed by atoms with Gasteiger partial charge in [-0.05, 0) is 61.6 Å². The Balaban J connectivity index is 1.94. The number of methoxy groups -OCH3 is 1. The van der Waals surface area contributed by atoms with Gasteiger partial charge in [-0.25, -0.2) is 8.42 Å². The van der Waals surface area contributed by atoms with E-state index in [0.29, 0.717) is 17.2 Å². The van der Waals surface area contributed by atoms with E-state index in [1.165, 1.54) is 11.0 Å². The smallest absolute Gasteiger partial charge is 0.244 e. The van der Waals surface area contributed by atoms with Crippen LogP contribution in [0.1, 0.15) is 50.2 Å². The van der Waals surface area contributed by atoms with Crippen LogP contribution in [0.15, 0.2) is 42.5 Å². The summed E-state index contributed by atoms with van der Waals surface area (Å²) in [6.45, 7) is 3.32. The maximum absolute atomic E-state index is 13.8. The van der Waals surface area contributed by atoms with E-state index in [1.54, 1.807) is 31.4 Å². The summed E-state index contributed by atoms with van der Waals surface area (Å²) in [6.07, 6.45) is 5.39. The molecule has 1 saturated carbocycles. The summed E-state index contributed by atoms with van der Waals surface area (Å²) in [6, 6.07) is 11.4. The minimum absolute atomic E-state index is 0.0949. The summed E-state index contributed by atoms with van der Waals surface area (Å²) < 4.78 is 31.8. The number of sulfonamides is 1. The lowest BCUT2D eigenvalue weighted by atomic mass is 10.1. The van der Waals surface area contributed by atoms with Crippen molar-refractivity contribution in [2.24, 2.45) is 0 Å². The highest BCUT2D eigenvalue weighted by Gasteiger charge is 2.33. The number of carbonyl (C=O) groups excluding carboxylic acids is 2. The Morgan fingerprint density at radius 2 is 1.86 bits per heavy atom. The van der Waals surface area contributed by atoms with Gasteiger partial charge in [0.15, 0.2) is 0 Å². The van der Waals surface area contributed by atoms with Crippen LogP contribution < -0.4 is 14.4 Å². The Bertz CT molecular complexity index is 1210. The van der Waals surface area contributed by atoms with Gasteiger partial charge in [0.25, 0.3) is 0 Å². The second-order valence-electron chi connectivity index (χ2n) is 9.49. The van der Waals surface area contributed by atoms with Crippen molar-refractivity contribution in [2.75, 3.05) is 24.2 Å². The molecule has 2 aromatic carbocycles. The van der Waals surface area contributed by atoms with Gasteiger partial charge in [-0.1, -0.05) is 49.6 Å². The number of carbonyl (C=O) groups is 2. The van der Waals surface area contributed by atoms with Crippen LogP contribution in [0.2, 0.25) is 5.02 Å². The quantitative estimate of drug-likeness (QED) is 0.451. The molecule has 37 heavy (non-hydrogen) atoms. The van der Waals surface area contributed by atoms with Gasteiger partial charge in [-0.3, -0.25) is 13.9 Å². The molecule has 10 heteroatoms. The molecule has 0 heterocycles. The summed E-state index contributed by atoms with van der Waals surface area (Å²) in [5, 5.41) is 3.49. The van der Waals surface area contributed by atoms with Crippen LogP contribution in [0, 0.1) is 6.92 Å². The molecule has 0 aliphatic heterocycles. The molecule has 1 N–H and O–H groups in total. The number of hydrogen-bond donors (Lipinski definition) is 1. The zero-order valence-electron chi connectivity index (χ0n) is 21.9. The van der Waals surface area contributed by atoms with Gasteiger partial charge in [-0.15, -0.1) is 0 Å². The van der Waals surface area contributed by atoms with Gasteiger partial charge in [-0.2, -0.15) is 0 Å². The van der Waals surface area contributed by atoms with E-state index >= 15 is 0 Å². The highest BCUT2D eigenvalue weighted by molar-refractivity contribution is 7.92. The maximum Gasteiger partial charge on any atom is 0.244 e. The number of ether oxygens (including phenoxy) is 1. The van der Waals surface area contributed by atoms with Crippen LogP contribution in [-0.2, 0) is 26.2 Å². The molecule has 0 spiro atoms. The highest BCUT2D eigenvalue weighted by atomic mass is 35.5. The summed E-state index contributed by atoms with van der Waals surface area (Å²) >= 11 is 6.26. The van der Waals surface area contributed by atoms with Crippen LogP contribution >= 0.6 is 11.6 Å². The van der Waals surface area contributed by atoms with E-state index in [2.05, 4.69) is 5.32 Å². The molecule has 1 aliphatic carbocycles. The molecule has 0 radical (unpaired) electrons. The van der Waals surface area contributed by atoms with Crippen LogP contribution in [-0.4, -0.2) is 57.1 Å². The first-order valence-electron chi connectivity index (χ1n) is 12.5. The molecule has 2 amide bonds. The third-order valence-electron chi connectivity index (χ3n) is 6.70. The van der Waals surface area contributed by atoms with E-state index in [4.69, 9.17) is 16.3 Å². The van der Waals surface area contributed by atoms with E-state index in [-0.39, 0.29) is 24.2 Å². The molecular formula is C27H36ClN3O5S. The number of nitrogens with one attached hydrogen (secondary N) is 1. The van der Waals surface area contributed by atoms with Crippen molar-refractivity contribution in [3.05, 3.63) is 58.6 Å². The van der Waals surface area contributed by atoms with Gasteiger partial charge < -0.3 is 15.0 Å². The normalized spacial score (nSPS) is 14.7. The number of hydrogen-bond acceptors (Lipinski definition) is 5. The first-order valence-corrected chi connectivity index (χ1v) is 14.7. The molecule has 0 aromatic heterocycles. The third-order valence-corrected chi connectivity index (χ3v) is 8.24. The van der Waals surface area contributed by atoms with Crippen LogP contribution in [0.3, 0.4) is 0 Å². The minimum Gasteiger partial charge on any atom is -0.497 e. The van der Waals surface area contributed by atoms with Crippen molar-refractivity contribution in [3.8, 4) is 5.75 Å². The topological polar surface area (TPSA) is 96.0 Å². The van der Waals surface area contributed by atoms with Crippen molar-refractivity contribution in [2.45, 2.75) is 64.6 Å². The van der Waals surface area contributed by atoms with Crippen molar-refractivity contribution >= 4 is 39.1 Å². The van der Waals surface area contributed by atoms with Crippen molar-refractivity contribution in [1.82, 2.24) is 10.2 Å². The molecule has 202 valence electrons. The summed E-state index contributed by atoms with van der Waals surface area (Å²) in [4.78, 5) is 28.6. The van der Waals surface area contributed by atoms with Gasteiger partial charge in [0.05, 0.1) is 19.1 Å². The first kappa shape index (κ1) is 28.8. The number of amides is 2. The lowest BCUT2D eigenvalue weighted by molar-refractivity contribution is -0.140. The fraction of sp³-hybridized carbons (Fsp3) is 0.481. The summed E-state index contributed by atoms with van der Waals surface area (Å²) in [5.74, 6) is -0.0892. The average molecular weight is 550 g/mol. The highest BCUT2D eigenvalue weighted by Crippen LogP contribution is 2.26. The largest absolute Gasteiger partial charge is 0.497 e. The Morgan fingerprint density at radius 3 is 2.46 bits per heavy atom. The van der Waals surface area contributed by atoms with Gasteiger partial charge in [0.2, 0.25) is 21.8 Å². The second kappa shape index (κ2) is 12.6. The Hall–Kier alpha value is -2.78. The SMILES string of the molecule is CC[C@H](C(=O)NC1CCCC1)N(Cc1cccc(OC)c1)C(=O)CN(c1ccc(C)c(Cl)c1)S(C)(=O)=O. The molecule has 0 unspecified atom stereocenters. The number of benzene rings is 2. The Labute approximate surface area is 225 Å². The van der Waals surface area contributed by atoms with Crippen molar-refractivity contribution in [3.63, 3.8) is 0 Å². The number of anilines is 1. The maximum atomic E-state index is 13.8. The van der Waals surface area contributed by atoms with Gasteiger partial charge in [0, 0.05) is 17.6 Å². The van der Waals surface area contributed by atoms with E-state index in [9.17, 15) is 18.0 Å². The van der Waals surface area contributed by atoms with Crippen LogP contribution in [0.4, 0.5) is 5.69 Å². The summed E-state index contributed by atoms with van der Waals surface area (Å²) in [5.41, 5.74) is 1.85. The third kappa shape index (κ3) is 7.61. The van der Waals surface area contributed by atoms with E-state index in [0.717, 1.165) is 47.4 Å². The number of aryl methyl sites for hydroxylation is 1. The zero-order chi connectivity index (χ0) is 27.2. The molecule has 8 nitrogen and oxygen atoms in total. The minimum atomic E-state index is -3.82. The lowest BCUT2D eigenvalue weighted by Crippen LogP contribution is -2.53. The molecule has 0 bridgehead atoms. The zero-order valence-corrected chi connectivity index (χ0v) is 23.4. The Kier molecular flexibility index (Phi) is 9.84. The van der Waals surface area contributed by atoms with Crippen molar-refractivity contribution < 1.29 is 22.7 Å².